The molecule has 0 aromatic heterocycles. The van der Waals surface area contributed by atoms with Gasteiger partial charge < -0.3 is 4.74 Å². The van der Waals surface area contributed by atoms with Gasteiger partial charge in [0.05, 0.1) is 18.2 Å². The van der Waals surface area contributed by atoms with E-state index in [-0.39, 0.29) is 17.3 Å². The van der Waals surface area contributed by atoms with Crippen LogP contribution in [0, 0.1) is 10.1 Å². The number of nitrogens with zero attached hydrogens (tertiary/aromatic N) is 2. The third-order valence-electron chi connectivity index (χ3n) is 2.82. The van der Waals surface area contributed by atoms with Gasteiger partial charge in [0.15, 0.2) is 5.75 Å². The second kappa shape index (κ2) is 6.98. The second-order valence-corrected chi connectivity index (χ2v) is 4.25. The van der Waals surface area contributed by atoms with E-state index in [1.54, 1.807) is 36.4 Å². The predicted molar refractivity (Wildman–Crippen MR) is 81.2 cm³/mol. The SMILES string of the molecule is COc1ccc(/C=N/NC(=O)c2ccccc2)cc1[N+](=O)[O-]. The lowest BCUT2D eigenvalue weighted by molar-refractivity contribution is -0.385. The van der Waals surface area contributed by atoms with E-state index < -0.39 is 4.92 Å². The molecule has 22 heavy (non-hydrogen) atoms. The Kier molecular flexibility index (Phi) is 4.81. The third-order valence-corrected chi connectivity index (χ3v) is 2.82. The number of hydrogen-bond acceptors (Lipinski definition) is 5. The third kappa shape index (κ3) is 3.66. The smallest absolute Gasteiger partial charge is 0.311 e. The van der Waals surface area contributed by atoms with E-state index in [1.165, 1.54) is 25.5 Å². The van der Waals surface area contributed by atoms with Gasteiger partial charge in [-0.05, 0) is 24.3 Å². The van der Waals surface area contributed by atoms with Crippen molar-refractivity contribution in [3.8, 4) is 5.75 Å². The maximum atomic E-state index is 11.8. The number of carbonyl (C=O) groups excluding carboxylic acids is 1. The molecule has 1 amide bonds. The van der Waals surface area contributed by atoms with E-state index in [9.17, 15) is 14.9 Å². The predicted octanol–water partition coefficient (Wildman–Crippen LogP) is 2.37. The fraction of sp³-hybridized carbons (Fsp3) is 0.0667. The van der Waals surface area contributed by atoms with E-state index in [1.807, 2.05) is 0 Å². The standard InChI is InChI=1S/C15H13N3O4/c1-22-14-8-7-11(9-13(14)18(20)21)10-16-17-15(19)12-5-3-2-4-6-12/h2-10H,1H3,(H,17,19)/b16-10+. The lowest BCUT2D eigenvalue weighted by Gasteiger charge is -2.02. The quantitative estimate of drug-likeness (QED) is 0.521. The van der Waals surface area contributed by atoms with Gasteiger partial charge in [0.25, 0.3) is 5.91 Å². The fourth-order valence-electron chi connectivity index (χ4n) is 1.75. The minimum atomic E-state index is -0.543. The average Bonchev–Trinajstić information content (AvgIpc) is 2.55. The van der Waals surface area contributed by atoms with Crippen molar-refractivity contribution in [3.05, 3.63) is 69.8 Å². The Morgan fingerprint density at radius 2 is 2.00 bits per heavy atom. The number of hydrazone groups is 1. The molecule has 7 heteroatoms. The highest BCUT2D eigenvalue weighted by atomic mass is 16.6. The molecule has 7 nitrogen and oxygen atoms in total. The first-order valence-corrected chi connectivity index (χ1v) is 6.32. The molecule has 0 unspecified atom stereocenters. The topological polar surface area (TPSA) is 93.8 Å². The Morgan fingerprint density at radius 1 is 1.27 bits per heavy atom. The number of hydrogen-bond donors (Lipinski definition) is 1. The molecule has 2 rings (SSSR count). The van der Waals surface area contributed by atoms with Crippen LogP contribution in [0.3, 0.4) is 0 Å². The maximum absolute atomic E-state index is 11.8. The Balaban J connectivity index is 2.09. The van der Waals surface area contributed by atoms with Crippen LogP contribution in [0.2, 0.25) is 0 Å². The summed E-state index contributed by atoms with van der Waals surface area (Å²) in [6, 6.07) is 13.0. The zero-order valence-corrected chi connectivity index (χ0v) is 11.7. The number of rotatable bonds is 5. The van der Waals surface area contributed by atoms with Crippen LogP contribution in [0.25, 0.3) is 0 Å². The van der Waals surface area contributed by atoms with Gasteiger partial charge in [0.2, 0.25) is 0 Å². The van der Waals surface area contributed by atoms with Crippen LogP contribution in [0.5, 0.6) is 5.75 Å². The number of nitrogens with one attached hydrogen (secondary N) is 1. The van der Waals surface area contributed by atoms with Crippen molar-refractivity contribution in [1.82, 2.24) is 5.43 Å². The van der Waals surface area contributed by atoms with Crippen molar-refractivity contribution in [3.63, 3.8) is 0 Å². The lowest BCUT2D eigenvalue weighted by Crippen LogP contribution is -2.17. The zero-order chi connectivity index (χ0) is 15.9. The average molecular weight is 299 g/mol. The number of amides is 1. The highest BCUT2D eigenvalue weighted by Crippen LogP contribution is 2.26. The number of benzene rings is 2. The summed E-state index contributed by atoms with van der Waals surface area (Å²) < 4.78 is 4.91. The van der Waals surface area contributed by atoms with Crippen molar-refractivity contribution in [2.75, 3.05) is 7.11 Å². The van der Waals surface area contributed by atoms with Crippen LogP contribution >= 0.6 is 0 Å². The van der Waals surface area contributed by atoms with Crippen LogP contribution in [0.1, 0.15) is 15.9 Å². The summed E-state index contributed by atoms with van der Waals surface area (Å²) in [4.78, 5) is 22.1. The van der Waals surface area contributed by atoms with E-state index in [0.717, 1.165) is 0 Å². The fourth-order valence-corrected chi connectivity index (χ4v) is 1.75. The molecule has 0 fully saturated rings. The maximum Gasteiger partial charge on any atom is 0.311 e. The molecule has 0 atom stereocenters. The van der Waals surface area contributed by atoms with Crippen LogP contribution in [0.4, 0.5) is 5.69 Å². The molecule has 0 spiro atoms. The molecular formula is C15H13N3O4. The van der Waals surface area contributed by atoms with E-state index in [0.29, 0.717) is 11.1 Å². The Bertz CT molecular complexity index is 714. The van der Waals surface area contributed by atoms with Crippen LogP contribution in [-0.4, -0.2) is 24.2 Å². The van der Waals surface area contributed by atoms with Gasteiger partial charge in [-0.1, -0.05) is 18.2 Å². The zero-order valence-electron chi connectivity index (χ0n) is 11.7. The molecule has 1 N–H and O–H groups in total. The van der Waals surface area contributed by atoms with Gasteiger partial charge in [-0.25, -0.2) is 5.43 Å². The van der Waals surface area contributed by atoms with Crippen LogP contribution < -0.4 is 10.2 Å². The molecule has 2 aromatic rings. The number of ether oxygens (including phenoxy) is 1. The van der Waals surface area contributed by atoms with Gasteiger partial charge in [0, 0.05) is 17.2 Å². The second-order valence-electron chi connectivity index (χ2n) is 4.25. The molecule has 0 aliphatic rings. The first kappa shape index (κ1) is 15.2. The molecule has 0 bridgehead atoms. The summed E-state index contributed by atoms with van der Waals surface area (Å²) in [6.07, 6.45) is 1.33. The molecule has 0 saturated carbocycles. The van der Waals surface area contributed by atoms with Gasteiger partial charge in [-0.2, -0.15) is 5.10 Å². The Morgan fingerprint density at radius 3 is 2.64 bits per heavy atom. The van der Waals surface area contributed by atoms with Crippen molar-refractivity contribution < 1.29 is 14.5 Å². The monoisotopic (exact) mass is 299 g/mol. The van der Waals surface area contributed by atoms with Gasteiger partial charge in [0.1, 0.15) is 0 Å². The Hall–Kier alpha value is -3.22. The number of nitro benzene ring substituents is 1. The molecular weight excluding hydrogens is 286 g/mol. The first-order chi connectivity index (χ1) is 10.6. The van der Waals surface area contributed by atoms with Gasteiger partial charge >= 0.3 is 5.69 Å². The summed E-state index contributed by atoms with van der Waals surface area (Å²) in [5, 5.41) is 14.7. The van der Waals surface area contributed by atoms with E-state index in [4.69, 9.17) is 4.74 Å². The van der Waals surface area contributed by atoms with Crippen molar-refractivity contribution >= 4 is 17.8 Å². The molecule has 0 aliphatic heterocycles. The molecule has 2 aromatic carbocycles. The summed E-state index contributed by atoms with van der Waals surface area (Å²) >= 11 is 0. The minimum Gasteiger partial charge on any atom is -0.490 e. The largest absolute Gasteiger partial charge is 0.490 e. The summed E-state index contributed by atoms with van der Waals surface area (Å²) in [5.74, 6) is -0.199. The van der Waals surface area contributed by atoms with E-state index in [2.05, 4.69) is 10.5 Å². The van der Waals surface area contributed by atoms with Crippen LogP contribution in [0.15, 0.2) is 53.6 Å². The van der Waals surface area contributed by atoms with Crippen molar-refractivity contribution in [2.45, 2.75) is 0 Å². The van der Waals surface area contributed by atoms with Gasteiger partial charge in [-0.3, -0.25) is 14.9 Å². The van der Waals surface area contributed by atoms with Crippen molar-refractivity contribution in [2.24, 2.45) is 5.10 Å². The minimum absolute atomic E-state index is 0.162. The van der Waals surface area contributed by atoms with Gasteiger partial charge in [-0.15, -0.1) is 0 Å². The summed E-state index contributed by atoms with van der Waals surface area (Å²) in [7, 11) is 1.36. The summed E-state index contributed by atoms with van der Waals surface area (Å²) in [5.41, 5.74) is 3.13. The lowest BCUT2D eigenvalue weighted by atomic mass is 10.2. The van der Waals surface area contributed by atoms with E-state index >= 15 is 0 Å². The highest BCUT2D eigenvalue weighted by molar-refractivity contribution is 5.94. The molecule has 0 aliphatic carbocycles. The van der Waals surface area contributed by atoms with Crippen LogP contribution in [-0.2, 0) is 0 Å². The van der Waals surface area contributed by atoms with Crippen molar-refractivity contribution in [1.29, 1.82) is 0 Å². The molecule has 0 saturated heterocycles. The summed E-state index contributed by atoms with van der Waals surface area (Å²) in [6.45, 7) is 0. The Labute approximate surface area is 126 Å². The molecule has 0 radical (unpaired) electrons. The molecule has 112 valence electrons. The first-order valence-electron chi connectivity index (χ1n) is 6.32. The number of carbonyl (C=O) groups is 1. The normalized spacial score (nSPS) is 10.4. The molecule has 0 heterocycles. The highest BCUT2D eigenvalue weighted by Gasteiger charge is 2.14. The number of nitro groups is 1. The number of methoxy groups -OCH3 is 1.